The lowest BCUT2D eigenvalue weighted by molar-refractivity contribution is -0.125. The molecule has 0 aliphatic rings. The number of thiocarbonyl (C=S) groups is 1. The molecule has 8 heteroatoms. The molecular weight excluding hydrogens is 196 g/mol. The van der Waals surface area contributed by atoms with Crippen LogP contribution in [0.15, 0.2) is 10.5 Å². The number of amides is 2. The summed E-state index contributed by atoms with van der Waals surface area (Å²) < 4.78 is 0. The molecule has 0 aliphatic heterocycles. The number of carbonyl (C=O) groups excluding carboxylic acids is 2. The zero-order chi connectivity index (χ0) is 10.4. The van der Waals surface area contributed by atoms with Crippen LogP contribution in [-0.2, 0) is 9.59 Å². The largest absolute Gasteiger partial charge is 0.393 e. The Balaban J connectivity index is 4.46. The van der Waals surface area contributed by atoms with Crippen molar-refractivity contribution in [1.29, 1.82) is 0 Å². The zero-order valence-corrected chi connectivity index (χ0v) is 7.83. The van der Waals surface area contributed by atoms with E-state index in [1.165, 1.54) is 6.92 Å². The predicted molar refractivity (Wildman–Crippen MR) is 45.6 cm³/mol. The molecule has 0 aliphatic carbocycles. The summed E-state index contributed by atoms with van der Waals surface area (Å²) in [5.74, 6) is -1.01. The summed E-state index contributed by atoms with van der Waals surface area (Å²) in [6, 6.07) is 0. The molecule has 0 aromatic carbocycles. The first-order chi connectivity index (χ1) is 5.99. The summed E-state index contributed by atoms with van der Waals surface area (Å²) >= 11 is 4.60. The van der Waals surface area contributed by atoms with E-state index < -0.39 is 11.8 Å². The van der Waals surface area contributed by atoms with E-state index in [9.17, 15) is 9.59 Å². The van der Waals surface area contributed by atoms with Gasteiger partial charge in [0, 0.05) is 19.1 Å². The number of rotatable bonds is 1. The van der Waals surface area contributed by atoms with Crippen molar-refractivity contribution < 1.29 is 14.8 Å². The second kappa shape index (κ2) is 5.14. The van der Waals surface area contributed by atoms with Gasteiger partial charge in [0.1, 0.15) is 0 Å². The van der Waals surface area contributed by atoms with E-state index in [1.54, 1.807) is 0 Å². The van der Waals surface area contributed by atoms with E-state index in [1.807, 2.05) is 0 Å². The monoisotopic (exact) mass is 204 g/mol. The van der Waals surface area contributed by atoms with Crippen LogP contribution in [0.1, 0.15) is 13.8 Å². The first-order valence-corrected chi connectivity index (χ1v) is 3.57. The molecule has 7 nitrogen and oxygen atoms in total. The molecule has 0 rings (SSSR count). The summed E-state index contributed by atoms with van der Waals surface area (Å²) in [7, 11) is 0. The van der Waals surface area contributed by atoms with Crippen molar-refractivity contribution in [1.82, 2.24) is 10.3 Å². The number of carbonyl (C=O) groups is 2. The molecule has 0 bridgehead atoms. The van der Waals surface area contributed by atoms with Gasteiger partial charge in [0.2, 0.25) is 16.9 Å². The van der Waals surface area contributed by atoms with Crippen molar-refractivity contribution >= 4 is 29.1 Å². The molecule has 0 radical (unpaired) electrons. The fraction of sp³-hybridized carbons (Fsp3) is 0.400. The van der Waals surface area contributed by atoms with Crippen molar-refractivity contribution in [3.63, 3.8) is 0 Å². The molecule has 0 spiro atoms. The maximum absolute atomic E-state index is 10.8. The van der Waals surface area contributed by atoms with Gasteiger partial charge in [-0.05, 0) is 17.4 Å². The standard InChI is InChI=1S/C5H8N4O3S/c1-3(10)6-5(13)9(4(2)11)7-8-12/h1-2H3,(H,7,12)(H,6,10,13). The lowest BCUT2D eigenvalue weighted by Crippen LogP contribution is -2.40. The van der Waals surface area contributed by atoms with Crippen molar-refractivity contribution in [2.75, 3.05) is 0 Å². The Kier molecular flexibility index (Phi) is 4.52. The first kappa shape index (κ1) is 11.4. The van der Waals surface area contributed by atoms with Crippen LogP contribution in [-0.4, -0.2) is 27.1 Å². The Morgan fingerprint density at radius 2 is 2.00 bits per heavy atom. The second-order valence-electron chi connectivity index (χ2n) is 2.00. The van der Waals surface area contributed by atoms with E-state index >= 15 is 0 Å². The van der Waals surface area contributed by atoms with Crippen molar-refractivity contribution in [2.24, 2.45) is 10.5 Å². The molecule has 0 fully saturated rings. The van der Waals surface area contributed by atoms with Crippen LogP contribution in [0.5, 0.6) is 0 Å². The van der Waals surface area contributed by atoms with Crippen LogP contribution >= 0.6 is 12.2 Å². The van der Waals surface area contributed by atoms with Crippen molar-refractivity contribution in [2.45, 2.75) is 13.8 Å². The number of nitrogens with one attached hydrogen (secondary N) is 1. The maximum Gasteiger partial charge on any atom is 0.247 e. The summed E-state index contributed by atoms with van der Waals surface area (Å²) in [6.07, 6.45) is 0. The van der Waals surface area contributed by atoms with Gasteiger partial charge >= 0.3 is 0 Å². The molecular formula is C5H8N4O3S. The van der Waals surface area contributed by atoms with Crippen LogP contribution < -0.4 is 5.32 Å². The maximum atomic E-state index is 10.8. The second-order valence-corrected chi connectivity index (χ2v) is 2.38. The van der Waals surface area contributed by atoms with E-state index in [0.29, 0.717) is 5.01 Å². The van der Waals surface area contributed by atoms with E-state index in [2.05, 4.69) is 28.0 Å². The SMILES string of the molecule is CC(=O)NC(=S)N(N=NO)C(C)=O. The average Bonchev–Trinajstić information content (AvgIpc) is 1.97. The van der Waals surface area contributed by atoms with Crippen LogP contribution in [0.3, 0.4) is 0 Å². The number of hydrogen-bond donors (Lipinski definition) is 2. The Morgan fingerprint density at radius 1 is 1.46 bits per heavy atom. The van der Waals surface area contributed by atoms with Gasteiger partial charge in [0.25, 0.3) is 0 Å². The third-order valence-electron chi connectivity index (χ3n) is 0.903. The van der Waals surface area contributed by atoms with Crippen LogP contribution in [0, 0.1) is 0 Å². The molecule has 0 aromatic rings. The van der Waals surface area contributed by atoms with E-state index in [4.69, 9.17) is 5.21 Å². The van der Waals surface area contributed by atoms with Gasteiger partial charge in [-0.2, -0.15) is 5.01 Å². The highest BCUT2D eigenvalue weighted by Gasteiger charge is 2.14. The highest BCUT2D eigenvalue weighted by molar-refractivity contribution is 7.80. The van der Waals surface area contributed by atoms with Crippen LogP contribution in [0.4, 0.5) is 0 Å². The summed E-state index contributed by atoms with van der Waals surface area (Å²) in [5, 5.41) is 15.9. The third kappa shape index (κ3) is 4.11. The number of nitrogens with zero attached hydrogens (tertiary/aromatic N) is 3. The molecule has 0 atom stereocenters. The first-order valence-electron chi connectivity index (χ1n) is 3.16. The molecule has 0 aromatic heterocycles. The topological polar surface area (TPSA) is 94.4 Å². The van der Waals surface area contributed by atoms with Gasteiger partial charge < -0.3 is 10.5 Å². The normalized spacial score (nSPS) is 9.69. The Bertz CT molecular complexity index is 265. The quantitative estimate of drug-likeness (QED) is 0.357. The number of hydrogen-bond acceptors (Lipinski definition) is 5. The van der Waals surface area contributed by atoms with Gasteiger partial charge in [-0.1, -0.05) is 0 Å². The predicted octanol–water partition coefficient (Wildman–Crippen LogP) is 0.0123. The molecule has 0 heterocycles. The molecule has 0 unspecified atom stereocenters. The highest BCUT2D eigenvalue weighted by atomic mass is 32.1. The van der Waals surface area contributed by atoms with Crippen LogP contribution in [0.25, 0.3) is 0 Å². The minimum absolute atomic E-state index is 0.238. The van der Waals surface area contributed by atoms with Gasteiger partial charge in [-0.3, -0.25) is 9.59 Å². The van der Waals surface area contributed by atoms with E-state index in [0.717, 1.165) is 6.92 Å². The minimum Gasteiger partial charge on any atom is -0.393 e. The van der Waals surface area contributed by atoms with Crippen molar-refractivity contribution in [3.05, 3.63) is 0 Å². The smallest absolute Gasteiger partial charge is 0.247 e. The summed E-state index contributed by atoms with van der Waals surface area (Å²) in [5.41, 5.74) is 0. The molecule has 72 valence electrons. The molecule has 2 N–H and O–H groups in total. The molecule has 2 amide bonds. The fourth-order valence-electron chi connectivity index (χ4n) is 0.490. The van der Waals surface area contributed by atoms with Gasteiger partial charge in [-0.25, -0.2) is 0 Å². The van der Waals surface area contributed by atoms with Gasteiger partial charge in [0.15, 0.2) is 0 Å². The third-order valence-corrected chi connectivity index (χ3v) is 1.18. The molecule has 13 heavy (non-hydrogen) atoms. The Labute approximate surface area is 79.4 Å². The lowest BCUT2D eigenvalue weighted by Gasteiger charge is -2.12. The van der Waals surface area contributed by atoms with Gasteiger partial charge in [0.05, 0.1) is 0 Å². The molecule has 0 saturated carbocycles. The Morgan fingerprint density at radius 3 is 2.31 bits per heavy atom. The van der Waals surface area contributed by atoms with Crippen molar-refractivity contribution in [3.8, 4) is 0 Å². The van der Waals surface area contributed by atoms with Gasteiger partial charge in [-0.15, -0.1) is 0 Å². The zero-order valence-electron chi connectivity index (χ0n) is 7.01. The highest BCUT2D eigenvalue weighted by Crippen LogP contribution is 1.93. The molecule has 0 saturated heterocycles. The summed E-state index contributed by atoms with van der Waals surface area (Å²) in [6.45, 7) is 2.38. The minimum atomic E-state index is -0.573. The summed E-state index contributed by atoms with van der Waals surface area (Å²) in [4.78, 5) is 21.3. The average molecular weight is 204 g/mol. The Hall–Kier alpha value is -1.57. The lowest BCUT2D eigenvalue weighted by atomic mass is 10.6. The fourth-order valence-corrected chi connectivity index (χ4v) is 0.799. The van der Waals surface area contributed by atoms with E-state index in [-0.39, 0.29) is 5.11 Å². The van der Waals surface area contributed by atoms with Crippen LogP contribution in [0.2, 0.25) is 0 Å².